The summed E-state index contributed by atoms with van der Waals surface area (Å²) in [6.07, 6.45) is -0.221. The third-order valence-corrected chi connectivity index (χ3v) is 13.1. The second-order valence-corrected chi connectivity index (χ2v) is 15.9. The van der Waals surface area contributed by atoms with E-state index >= 15 is 0 Å². The lowest BCUT2D eigenvalue weighted by Gasteiger charge is -2.48. The Hall–Kier alpha value is -1.37. The van der Waals surface area contributed by atoms with Gasteiger partial charge in [0.15, 0.2) is 8.32 Å². The van der Waals surface area contributed by atoms with Crippen molar-refractivity contribution in [3.05, 3.63) is 10.6 Å². The van der Waals surface area contributed by atoms with Crippen molar-refractivity contribution in [3.8, 4) is 0 Å². The van der Waals surface area contributed by atoms with Gasteiger partial charge in [-0.15, -0.1) is 16.9 Å². The van der Waals surface area contributed by atoms with Gasteiger partial charge >= 0.3 is 5.97 Å². The quantitative estimate of drug-likeness (QED) is 0.257. The highest BCUT2D eigenvalue weighted by molar-refractivity contribution is 8.06. The monoisotopic (exact) mass is 471 g/mol. The Morgan fingerprint density at radius 2 is 2.03 bits per heavy atom. The largest absolute Gasteiger partial charge is 0.464 e. The van der Waals surface area contributed by atoms with Gasteiger partial charge in [0, 0.05) is 17.7 Å². The number of carbonyl (C=O) groups excluding carboxylic acids is 2. The number of methoxy groups -OCH3 is 1. The Balaban J connectivity index is 1.77. The van der Waals surface area contributed by atoms with Crippen LogP contribution in [0, 0.1) is 5.92 Å². The number of esters is 1. The number of thioether (sulfide) groups is 2. The molecule has 3 rings (SSSR count). The molecule has 0 spiro atoms. The third kappa shape index (κ3) is 4.06. The summed E-state index contributed by atoms with van der Waals surface area (Å²) >= 11 is 2.95. The molecule has 0 N–H and O–H groups in total. The average Bonchev–Trinajstić information content (AvgIpc) is 3.18. The van der Waals surface area contributed by atoms with E-state index in [-0.39, 0.29) is 28.3 Å². The maximum Gasteiger partial charge on any atom is 0.355 e. The first-order valence-corrected chi connectivity index (χ1v) is 14.5. The fraction of sp³-hybridized carbons (Fsp3) is 0.722. The van der Waals surface area contributed by atoms with E-state index in [0.29, 0.717) is 16.6 Å². The third-order valence-electron chi connectivity index (χ3n) is 5.94. The maximum atomic E-state index is 13.0. The van der Waals surface area contributed by atoms with E-state index in [4.69, 9.17) is 9.16 Å². The van der Waals surface area contributed by atoms with Crippen LogP contribution in [0.2, 0.25) is 18.1 Å². The minimum absolute atomic E-state index is 0.0535. The van der Waals surface area contributed by atoms with Crippen LogP contribution in [-0.2, 0) is 25.8 Å². The highest BCUT2D eigenvalue weighted by Gasteiger charge is 2.59. The molecule has 0 unspecified atom stereocenters. The molecule has 1 fully saturated rings. The summed E-state index contributed by atoms with van der Waals surface area (Å²) < 4.78 is 13.0. The zero-order chi connectivity index (χ0) is 22.4. The summed E-state index contributed by atoms with van der Waals surface area (Å²) in [4.78, 5) is 27.9. The Morgan fingerprint density at radius 1 is 1.37 bits per heavy atom. The molecule has 9 nitrogen and oxygen atoms in total. The lowest BCUT2D eigenvalue weighted by atomic mass is 9.92. The van der Waals surface area contributed by atoms with Crippen molar-refractivity contribution in [2.75, 3.05) is 12.9 Å². The van der Waals surface area contributed by atoms with E-state index in [0.717, 1.165) is 4.91 Å². The maximum absolute atomic E-state index is 13.0. The molecule has 0 radical (unpaired) electrons. The van der Waals surface area contributed by atoms with E-state index < -0.39 is 14.3 Å². The number of rotatable bonds is 7. The fourth-order valence-electron chi connectivity index (χ4n) is 3.22. The molecule has 166 valence electrons. The molecule has 12 heteroatoms. The van der Waals surface area contributed by atoms with Crippen LogP contribution >= 0.6 is 23.5 Å². The predicted molar refractivity (Wildman–Crippen MR) is 118 cm³/mol. The number of amides is 1. The normalized spacial score (nSPS) is 22.8. The molecule has 1 aromatic rings. The summed E-state index contributed by atoms with van der Waals surface area (Å²) in [6, 6.07) is 0. The van der Waals surface area contributed by atoms with Gasteiger partial charge in [-0.2, -0.15) is 0 Å². The van der Waals surface area contributed by atoms with Crippen molar-refractivity contribution in [1.29, 1.82) is 0 Å². The summed E-state index contributed by atoms with van der Waals surface area (Å²) in [5, 5.41) is 12.0. The highest BCUT2D eigenvalue weighted by Crippen LogP contribution is 2.52. The molecule has 2 aliphatic heterocycles. The van der Waals surface area contributed by atoms with Gasteiger partial charge in [-0.05, 0) is 35.5 Å². The van der Waals surface area contributed by atoms with Gasteiger partial charge < -0.3 is 9.16 Å². The molecule has 2 aliphatic rings. The first-order chi connectivity index (χ1) is 13.9. The van der Waals surface area contributed by atoms with Gasteiger partial charge in [0.25, 0.3) is 0 Å². The molecular weight excluding hydrogens is 442 g/mol. The molecule has 3 heterocycles. The molecule has 0 bridgehead atoms. The molecular formula is C18H29N5O4S2Si. The zero-order valence-corrected chi connectivity index (χ0v) is 21.3. The SMILES string of the molecule is COC(=O)C1=C(CSc2nnnn2C)S[C@@H]2[C@@H]([C@@H](C)O[Si](C)(C)C(C)(C)C)C(=O)N12. The molecule has 3 atom stereocenters. The first kappa shape index (κ1) is 23.3. The van der Waals surface area contributed by atoms with Gasteiger partial charge in [0.1, 0.15) is 11.1 Å². The Morgan fingerprint density at radius 3 is 2.57 bits per heavy atom. The standard InChI is InChI=1S/C18H29N5O4S2Si/c1-10(27-30(7,8)18(2,3)4)12-14(24)23-13(16(25)26-6)11(29-15(12)23)9-28-17-19-20-21-22(17)5/h10,12,15H,9H2,1-8H3/t10-,12+,15-/m1/s1. The van der Waals surface area contributed by atoms with Crippen molar-refractivity contribution in [2.45, 2.75) is 62.5 Å². The summed E-state index contributed by atoms with van der Waals surface area (Å²) in [7, 11) is 1.06. The lowest BCUT2D eigenvalue weighted by molar-refractivity contribution is -0.157. The summed E-state index contributed by atoms with van der Waals surface area (Å²) in [6.45, 7) is 12.9. The van der Waals surface area contributed by atoms with Crippen LogP contribution in [0.1, 0.15) is 27.7 Å². The second-order valence-electron chi connectivity index (χ2n) is 8.96. The van der Waals surface area contributed by atoms with Gasteiger partial charge in [0.05, 0.1) is 19.1 Å². The zero-order valence-electron chi connectivity index (χ0n) is 18.6. The molecule has 1 saturated heterocycles. The van der Waals surface area contributed by atoms with Crippen molar-refractivity contribution < 1.29 is 18.8 Å². The average molecular weight is 472 g/mol. The lowest BCUT2D eigenvalue weighted by Crippen LogP contribution is -2.62. The van der Waals surface area contributed by atoms with Crippen LogP contribution in [-0.4, -0.2) is 69.6 Å². The van der Waals surface area contributed by atoms with Crippen LogP contribution in [0.4, 0.5) is 0 Å². The number of tetrazole rings is 1. The van der Waals surface area contributed by atoms with Crippen LogP contribution < -0.4 is 0 Å². The Bertz CT molecular complexity index is 882. The van der Waals surface area contributed by atoms with Gasteiger partial charge in [-0.3, -0.25) is 9.69 Å². The number of ether oxygens (including phenoxy) is 1. The van der Waals surface area contributed by atoms with Gasteiger partial charge in [0.2, 0.25) is 11.1 Å². The highest BCUT2D eigenvalue weighted by atomic mass is 32.2. The topological polar surface area (TPSA) is 99.4 Å². The van der Waals surface area contributed by atoms with E-state index in [1.165, 1.54) is 30.6 Å². The molecule has 0 aliphatic carbocycles. The first-order valence-electron chi connectivity index (χ1n) is 9.73. The van der Waals surface area contributed by atoms with E-state index in [2.05, 4.69) is 49.4 Å². The number of fused-ring (bicyclic) bond motifs is 1. The number of nitrogens with zero attached hydrogens (tertiary/aromatic N) is 5. The Kier molecular flexibility index (Phi) is 6.43. The van der Waals surface area contributed by atoms with Crippen molar-refractivity contribution in [3.63, 3.8) is 0 Å². The summed E-state index contributed by atoms with van der Waals surface area (Å²) in [5.41, 5.74) is 0.330. The molecule has 1 aromatic heterocycles. The van der Waals surface area contributed by atoms with E-state index in [9.17, 15) is 9.59 Å². The number of hydrogen-bond acceptors (Lipinski definition) is 9. The molecule has 1 amide bonds. The summed E-state index contributed by atoms with van der Waals surface area (Å²) in [5.74, 6) is -0.392. The van der Waals surface area contributed by atoms with Crippen LogP contribution in [0.15, 0.2) is 15.8 Å². The molecule has 0 saturated carbocycles. The van der Waals surface area contributed by atoms with Crippen LogP contribution in [0.25, 0.3) is 0 Å². The molecule has 0 aromatic carbocycles. The van der Waals surface area contributed by atoms with Gasteiger partial charge in [-0.25, -0.2) is 9.48 Å². The molecule has 30 heavy (non-hydrogen) atoms. The van der Waals surface area contributed by atoms with Crippen molar-refractivity contribution in [1.82, 2.24) is 25.1 Å². The number of carbonyl (C=O) groups is 2. The second kappa shape index (κ2) is 8.28. The van der Waals surface area contributed by atoms with Crippen molar-refractivity contribution in [2.24, 2.45) is 13.0 Å². The van der Waals surface area contributed by atoms with E-state index in [1.807, 2.05) is 6.92 Å². The van der Waals surface area contributed by atoms with Crippen molar-refractivity contribution >= 4 is 43.7 Å². The number of hydrogen-bond donors (Lipinski definition) is 0. The number of aryl methyl sites for hydroxylation is 1. The van der Waals surface area contributed by atoms with Crippen LogP contribution in [0.3, 0.4) is 0 Å². The fourth-order valence-corrected chi connectivity index (χ4v) is 7.20. The number of aromatic nitrogens is 4. The predicted octanol–water partition coefficient (Wildman–Crippen LogP) is 2.63. The minimum Gasteiger partial charge on any atom is -0.464 e. The smallest absolute Gasteiger partial charge is 0.355 e. The van der Waals surface area contributed by atoms with Crippen LogP contribution in [0.5, 0.6) is 0 Å². The Labute approximate surface area is 186 Å². The van der Waals surface area contributed by atoms with Gasteiger partial charge in [-0.1, -0.05) is 32.5 Å². The van der Waals surface area contributed by atoms with E-state index in [1.54, 1.807) is 16.6 Å². The minimum atomic E-state index is -2.02. The number of β-lactam (4-membered cyclic amide) rings is 1.